The van der Waals surface area contributed by atoms with Crippen molar-refractivity contribution in [2.45, 2.75) is 19.4 Å². The van der Waals surface area contributed by atoms with Crippen LogP contribution in [0.1, 0.15) is 23.5 Å². The van der Waals surface area contributed by atoms with E-state index in [2.05, 4.69) is 34.5 Å². The van der Waals surface area contributed by atoms with Crippen LogP contribution in [0.25, 0.3) is 0 Å². The Morgan fingerprint density at radius 2 is 2.14 bits per heavy atom. The smallest absolute Gasteiger partial charge is 0.203 e. The van der Waals surface area contributed by atoms with Crippen LogP contribution < -0.4 is 10.2 Å². The monoisotopic (exact) mass is 281 g/mol. The summed E-state index contributed by atoms with van der Waals surface area (Å²) in [6.45, 7) is 3.83. The Bertz CT molecular complexity index is 641. The molecule has 4 nitrogen and oxygen atoms in total. The molecule has 0 spiro atoms. The van der Waals surface area contributed by atoms with Crippen molar-refractivity contribution in [1.29, 1.82) is 5.26 Å². The Morgan fingerprint density at radius 1 is 1.24 bits per heavy atom. The van der Waals surface area contributed by atoms with Crippen LogP contribution in [0.2, 0.25) is 0 Å². The van der Waals surface area contributed by atoms with Gasteiger partial charge in [0, 0.05) is 18.8 Å². The van der Waals surface area contributed by atoms with E-state index in [9.17, 15) is 0 Å². The van der Waals surface area contributed by atoms with E-state index in [0.29, 0.717) is 12.3 Å². The number of hydrogen-bond donors (Lipinski definition) is 1. The number of fused-ring (bicyclic) bond motifs is 1. The molecule has 0 fully saturated rings. The number of rotatable bonds is 6. The number of anilines is 1. The van der Waals surface area contributed by atoms with Crippen molar-refractivity contribution in [3.05, 3.63) is 53.5 Å². The van der Waals surface area contributed by atoms with Crippen molar-refractivity contribution in [2.24, 2.45) is 0 Å². The zero-order valence-electron chi connectivity index (χ0n) is 12.0. The van der Waals surface area contributed by atoms with Gasteiger partial charge in [-0.3, -0.25) is 0 Å². The number of hydrogen-bond acceptors (Lipinski definition) is 4. The second-order valence-electron chi connectivity index (χ2n) is 5.27. The number of nitrogens with one attached hydrogen (secondary N) is 1. The number of nitrogens with zero attached hydrogens (tertiary/aromatic N) is 2. The predicted octanol–water partition coefficient (Wildman–Crippen LogP) is 2.69. The van der Waals surface area contributed by atoms with Crippen molar-refractivity contribution in [1.82, 2.24) is 5.32 Å². The van der Waals surface area contributed by atoms with Crippen molar-refractivity contribution in [2.75, 3.05) is 24.5 Å². The summed E-state index contributed by atoms with van der Waals surface area (Å²) >= 11 is 0. The van der Waals surface area contributed by atoms with Crippen LogP contribution in [0.3, 0.4) is 0 Å². The molecule has 21 heavy (non-hydrogen) atoms. The number of para-hydroxylation sites is 1. The van der Waals surface area contributed by atoms with Crippen molar-refractivity contribution in [3.63, 3.8) is 0 Å². The third kappa shape index (κ3) is 3.26. The Labute approximate surface area is 125 Å². The van der Waals surface area contributed by atoms with Gasteiger partial charge in [0.2, 0.25) is 5.76 Å². The summed E-state index contributed by atoms with van der Waals surface area (Å²) in [5.41, 5.74) is 2.85. The Balaban J connectivity index is 1.39. The lowest BCUT2D eigenvalue weighted by molar-refractivity contribution is 0.472. The molecule has 0 atom stereocenters. The van der Waals surface area contributed by atoms with E-state index >= 15 is 0 Å². The van der Waals surface area contributed by atoms with E-state index in [1.807, 2.05) is 12.1 Å². The topological polar surface area (TPSA) is 52.2 Å². The molecule has 2 heterocycles. The molecular weight excluding hydrogens is 262 g/mol. The fourth-order valence-electron chi connectivity index (χ4n) is 2.78. The number of nitriles is 1. The van der Waals surface area contributed by atoms with Crippen molar-refractivity contribution < 1.29 is 4.42 Å². The molecule has 2 aromatic rings. The van der Waals surface area contributed by atoms with Gasteiger partial charge in [-0.15, -0.1) is 0 Å². The highest BCUT2D eigenvalue weighted by atomic mass is 16.3. The molecule has 0 amide bonds. The zero-order valence-corrected chi connectivity index (χ0v) is 12.0. The third-order valence-electron chi connectivity index (χ3n) is 3.84. The van der Waals surface area contributed by atoms with Crippen molar-refractivity contribution in [3.8, 4) is 6.07 Å². The lowest BCUT2D eigenvalue weighted by Crippen LogP contribution is -2.25. The molecule has 1 aromatic heterocycles. The van der Waals surface area contributed by atoms with Crippen molar-refractivity contribution >= 4 is 5.69 Å². The van der Waals surface area contributed by atoms with Gasteiger partial charge in [-0.1, -0.05) is 18.2 Å². The molecule has 3 rings (SSSR count). The number of benzene rings is 1. The molecule has 1 N–H and O–H groups in total. The first-order valence-electron chi connectivity index (χ1n) is 7.39. The molecule has 1 aromatic carbocycles. The molecule has 0 saturated carbocycles. The summed E-state index contributed by atoms with van der Waals surface area (Å²) < 4.78 is 5.33. The van der Waals surface area contributed by atoms with Gasteiger partial charge in [0.15, 0.2) is 0 Å². The first kappa shape index (κ1) is 13.7. The van der Waals surface area contributed by atoms with E-state index in [4.69, 9.17) is 9.68 Å². The zero-order chi connectivity index (χ0) is 14.5. The largest absolute Gasteiger partial charge is 0.449 e. The van der Waals surface area contributed by atoms with Crippen LogP contribution in [0.15, 0.2) is 40.8 Å². The molecule has 4 heteroatoms. The van der Waals surface area contributed by atoms with Gasteiger partial charge in [0.1, 0.15) is 11.8 Å². The molecule has 0 unspecified atom stereocenters. The summed E-state index contributed by atoms with van der Waals surface area (Å²) in [5.74, 6) is 1.19. The Hall–Kier alpha value is -2.25. The van der Waals surface area contributed by atoms with Gasteiger partial charge in [-0.25, -0.2) is 0 Å². The molecular formula is C17H19N3O. The highest BCUT2D eigenvalue weighted by molar-refractivity contribution is 5.57. The van der Waals surface area contributed by atoms with E-state index < -0.39 is 0 Å². The minimum atomic E-state index is 0.375. The predicted molar refractivity (Wildman–Crippen MR) is 82.1 cm³/mol. The molecule has 0 bridgehead atoms. The second-order valence-corrected chi connectivity index (χ2v) is 5.27. The first-order chi connectivity index (χ1) is 10.4. The minimum Gasteiger partial charge on any atom is -0.449 e. The van der Waals surface area contributed by atoms with Gasteiger partial charge in [-0.2, -0.15) is 5.26 Å². The van der Waals surface area contributed by atoms with Crippen LogP contribution in [0.5, 0.6) is 0 Å². The second kappa shape index (κ2) is 6.47. The maximum absolute atomic E-state index is 8.69. The normalized spacial score (nSPS) is 13.2. The standard InChI is InChI=1S/C17H19N3O/c18-12-15-6-7-16(21-15)13-19-9-3-10-20-11-8-14-4-1-2-5-17(14)20/h1-2,4-7,19H,3,8-11,13H2. The summed E-state index contributed by atoms with van der Waals surface area (Å²) in [6, 6.07) is 14.2. The van der Waals surface area contributed by atoms with Gasteiger partial charge < -0.3 is 14.6 Å². The van der Waals surface area contributed by atoms with E-state index in [1.54, 1.807) is 6.07 Å². The highest BCUT2D eigenvalue weighted by Gasteiger charge is 2.17. The third-order valence-corrected chi connectivity index (χ3v) is 3.84. The summed E-state index contributed by atoms with van der Waals surface area (Å²) in [5, 5.41) is 12.0. The van der Waals surface area contributed by atoms with Gasteiger partial charge in [0.25, 0.3) is 0 Å². The SMILES string of the molecule is N#Cc1ccc(CNCCCN2CCc3ccccc32)o1. The fourth-order valence-corrected chi connectivity index (χ4v) is 2.78. The molecule has 1 aliphatic rings. The highest BCUT2D eigenvalue weighted by Crippen LogP contribution is 2.27. The average Bonchev–Trinajstić information content (AvgIpc) is 3.14. The lowest BCUT2D eigenvalue weighted by atomic mass is 10.2. The van der Waals surface area contributed by atoms with Gasteiger partial charge >= 0.3 is 0 Å². The Kier molecular flexibility index (Phi) is 4.23. The van der Waals surface area contributed by atoms with Crippen LogP contribution >= 0.6 is 0 Å². The molecule has 108 valence electrons. The van der Waals surface area contributed by atoms with Gasteiger partial charge in [-0.05, 0) is 43.1 Å². The molecule has 1 aliphatic heterocycles. The van der Waals surface area contributed by atoms with Crippen LogP contribution in [0, 0.1) is 11.3 Å². The van der Waals surface area contributed by atoms with Crippen LogP contribution in [-0.2, 0) is 13.0 Å². The van der Waals surface area contributed by atoms with Gasteiger partial charge in [0.05, 0.1) is 6.54 Å². The fraction of sp³-hybridized carbons (Fsp3) is 0.353. The lowest BCUT2D eigenvalue weighted by Gasteiger charge is -2.19. The Morgan fingerprint density at radius 3 is 3.00 bits per heavy atom. The van der Waals surface area contributed by atoms with E-state index in [1.165, 1.54) is 11.3 Å². The quantitative estimate of drug-likeness (QED) is 0.827. The van der Waals surface area contributed by atoms with Crippen LogP contribution in [-0.4, -0.2) is 19.6 Å². The number of furan rings is 1. The average molecular weight is 281 g/mol. The maximum Gasteiger partial charge on any atom is 0.203 e. The molecule has 0 saturated heterocycles. The van der Waals surface area contributed by atoms with E-state index in [-0.39, 0.29) is 0 Å². The summed E-state index contributed by atoms with van der Waals surface area (Å²) in [7, 11) is 0. The minimum absolute atomic E-state index is 0.375. The summed E-state index contributed by atoms with van der Waals surface area (Å²) in [4.78, 5) is 2.46. The summed E-state index contributed by atoms with van der Waals surface area (Å²) in [6.07, 6.45) is 2.26. The first-order valence-corrected chi connectivity index (χ1v) is 7.39. The maximum atomic E-state index is 8.69. The van der Waals surface area contributed by atoms with Crippen LogP contribution in [0.4, 0.5) is 5.69 Å². The molecule has 0 aliphatic carbocycles. The molecule has 0 radical (unpaired) electrons. The van der Waals surface area contributed by atoms with E-state index in [0.717, 1.165) is 38.2 Å².